The van der Waals surface area contributed by atoms with Crippen LogP contribution in [0.5, 0.6) is 0 Å². The summed E-state index contributed by atoms with van der Waals surface area (Å²) in [6.07, 6.45) is 0.654. The van der Waals surface area contributed by atoms with Crippen LogP contribution in [-0.4, -0.2) is 31.2 Å². The molecule has 0 aliphatic rings. The highest BCUT2D eigenvalue weighted by atomic mass is 16.6. The molecule has 0 radical (unpaired) electrons. The lowest BCUT2D eigenvalue weighted by Gasteiger charge is -2.08. The molecule has 1 N–H and O–H groups in total. The molecule has 0 aromatic heterocycles. The summed E-state index contributed by atoms with van der Waals surface area (Å²) in [5, 5.41) is 14.1. The van der Waals surface area contributed by atoms with E-state index in [2.05, 4.69) is 19.2 Å². The molecule has 0 bridgehead atoms. The molecule has 5 heteroatoms. The molecule has 0 aliphatic carbocycles. The van der Waals surface area contributed by atoms with Crippen LogP contribution in [0.25, 0.3) is 0 Å². The summed E-state index contributed by atoms with van der Waals surface area (Å²) in [5.41, 5.74) is 0.962. The van der Waals surface area contributed by atoms with Crippen LogP contribution >= 0.6 is 0 Å². The van der Waals surface area contributed by atoms with E-state index >= 15 is 0 Å². The van der Waals surface area contributed by atoms with E-state index in [1.165, 1.54) is 0 Å². The average Bonchev–Trinajstić information content (AvgIpc) is 2.37. The Morgan fingerprint density at radius 3 is 2.74 bits per heavy atom. The minimum Gasteiger partial charge on any atom is -0.380 e. The van der Waals surface area contributed by atoms with Gasteiger partial charge in [0.1, 0.15) is 0 Å². The maximum atomic E-state index is 10.8. The van der Waals surface area contributed by atoms with Crippen LogP contribution < -0.4 is 5.32 Å². The predicted octanol–water partition coefficient (Wildman–Crippen LogP) is 2.40. The quantitative estimate of drug-likeness (QED) is 0.423. The largest absolute Gasteiger partial charge is 0.380 e. The van der Waals surface area contributed by atoms with E-state index in [-0.39, 0.29) is 10.6 Å². The third kappa shape index (κ3) is 6.31. The number of rotatable bonds is 9. The van der Waals surface area contributed by atoms with Crippen LogP contribution in [0, 0.1) is 16.0 Å². The second-order valence-corrected chi connectivity index (χ2v) is 4.85. The molecule has 0 amide bonds. The minimum atomic E-state index is -0.332. The molecule has 0 unspecified atom stereocenters. The van der Waals surface area contributed by atoms with E-state index in [1.54, 1.807) is 18.2 Å². The average molecular weight is 266 g/mol. The topological polar surface area (TPSA) is 64.4 Å². The Hall–Kier alpha value is -1.46. The first kappa shape index (κ1) is 15.6. The Morgan fingerprint density at radius 1 is 1.32 bits per heavy atom. The van der Waals surface area contributed by atoms with Gasteiger partial charge in [-0.1, -0.05) is 32.0 Å². The molecular formula is C14H22N2O3. The molecule has 0 aliphatic heterocycles. The third-order valence-electron chi connectivity index (χ3n) is 2.63. The zero-order valence-electron chi connectivity index (χ0n) is 11.6. The van der Waals surface area contributed by atoms with Crippen molar-refractivity contribution in [1.29, 1.82) is 0 Å². The normalized spacial score (nSPS) is 10.9. The summed E-state index contributed by atoms with van der Waals surface area (Å²) >= 11 is 0. The summed E-state index contributed by atoms with van der Waals surface area (Å²) < 4.78 is 5.44. The van der Waals surface area contributed by atoms with Crippen molar-refractivity contribution in [3.63, 3.8) is 0 Å². The van der Waals surface area contributed by atoms with Crippen molar-refractivity contribution in [1.82, 2.24) is 5.32 Å². The molecule has 5 nitrogen and oxygen atoms in total. The highest BCUT2D eigenvalue weighted by Gasteiger charge is 2.10. The first-order chi connectivity index (χ1) is 9.11. The Kier molecular flexibility index (Phi) is 7.07. The number of hydrogen-bond acceptors (Lipinski definition) is 4. The van der Waals surface area contributed by atoms with Crippen molar-refractivity contribution in [2.24, 2.45) is 5.92 Å². The molecule has 0 saturated heterocycles. The highest BCUT2D eigenvalue weighted by molar-refractivity contribution is 5.39. The lowest BCUT2D eigenvalue weighted by molar-refractivity contribution is -0.385. The fraction of sp³-hybridized carbons (Fsp3) is 0.571. The highest BCUT2D eigenvalue weighted by Crippen LogP contribution is 2.17. The maximum absolute atomic E-state index is 10.8. The molecule has 0 fully saturated rings. The summed E-state index contributed by atoms with van der Waals surface area (Å²) in [4.78, 5) is 10.5. The Balaban J connectivity index is 2.21. The standard InChI is InChI=1S/C14H22N2O3/c1-12(2)11-19-10-9-15-8-7-13-5-3-4-6-14(13)16(17)18/h3-6,12,15H,7-11H2,1-2H3. The van der Waals surface area contributed by atoms with E-state index in [9.17, 15) is 10.1 Å². The Bertz CT molecular complexity index is 394. The monoisotopic (exact) mass is 266 g/mol. The van der Waals surface area contributed by atoms with Gasteiger partial charge in [0.2, 0.25) is 0 Å². The molecule has 1 aromatic carbocycles. The van der Waals surface area contributed by atoms with Gasteiger partial charge in [0.25, 0.3) is 5.69 Å². The second-order valence-electron chi connectivity index (χ2n) is 4.85. The van der Waals surface area contributed by atoms with Crippen molar-refractivity contribution >= 4 is 5.69 Å². The van der Waals surface area contributed by atoms with Gasteiger partial charge in [-0.2, -0.15) is 0 Å². The number of ether oxygens (including phenoxy) is 1. The summed E-state index contributed by atoms with van der Waals surface area (Å²) in [5.74, 6) is 0.548. The van der Waals surface area contributed by atoms with E-state index in [4.69, 9.17) is 4.74 Å². The summed E-state index contributed by atoms with van der Waals surface area (Å²) in [6, 6.07) is 6.86. The van der Waals surface area contributed by atoms with Gasteiger partial charge in [0.05, 0.1) is 11.5 Å². The van der Waals surface area contributed by atoms with Crippen LogP contribution in [0.4, 0.5) is 5.69 Å². The van der Waals surface area contributed by atoms with Gasteiger partial charge in [0, 0.05) is 24.8 Å². The lowest BCUT2D eigenvalue weighted by Crippen LogP contribution is -2.23. The number of hydrogen-bond donors (Lipinski definition) is 1. The minimum absolute atomic E-state index is 0.195. The van der Waals surface area contributed by atoms with Gasteiger partial charge in [-0.3, -0.25) is 10.1 Å². The zero-order chi connectivity index (χ0) is 14.1. The SMILES string of the molecule is CC(C)COCCNCCc1ccccc1[N+](=O)[O-]. The Labute approximate surface area is 114 Å². The molecule has 0 spiro atoms. The van der Waals surface area contributed by atoms with Crippen molar-refractivity contribution in [2.75, 3.05) is 26.3 Å². The molecule has 1 rings (SSSR count). The molecule has 106 valence electrons. The van der Waals surface area contributed by atoms with E-state index < -0.39 is 0 Å². The first-order valence-corrected chi connectivity index (χ1v) is 6.62. The third-order valence-corrected chi connectivity index (χ3v) is 2.63. The number of nitro groups is 1. The van der Waals surface area contributed by atoms with Gasteiger partial charge in [0.15, 0.2) is 0 Å². The number of nitrogens with zero attached hydrogens (tertiary/aromatic N) is 1. The fourth-order valence-electron chi connectivity index (χ4n) is 1.71. The van der Waals surface area contributed by atoms with Crippen molar-refractivity contribution in [2.45, 2.75) is 20.3 Å². The molecule has 0 saturated carbocycles. The van der Waals surface area contributed by atoms with Crippen molar-refractivity contribution in [3.8, 4) is 0 Å². The maximum Gasteiger partial charge on any atom is 0.272 e. The summed E-state index contributed by atoms with van der Waals surface area (Å²) in [7, 11) is 0. The van der Waals surface area contributed by atoms with Crippen LogP contribution in [0.2, 0.25) is 0 Å². The summed E-state index contributed by atoms with van der Waals surface area (Å²) in [6.45, 7) is 7.16. The fourth-order valence-corrected chi connectivity index (χ4v) is 1.71. The van der Waals surface area contributed by atoms with E-state index in [0.29, 0.717) is 18.9 Å². The van der Waals surface area contributed by atoms with Gasteiger partial charge in [-0.15, -0.1) is 0 Å². The molecular weight excluding hydrogens is 244 g/mol. The predicted molar refractivity (Wildman–Crippen MR) is 75.3 cm³/mol. The molecule has 0 heterocycles. The number of para-hydroxylation sites is 1. The van der Waals surface area contributed by atoms with Gasteiger partial charge in [-0.05, 0) is 18.9 Å². The Morgan fingerprint density at radius 2 is 2.05 bits per heavy atom. The van der Waals surface area contributed by atoms with Crippen LogP contribution in [0.3, 0.4) is 0 Å². The zero-order valence-corrected chi connectivity index (χ0v) is 11.6. The number of benzene rings is 1. The van der Waals surface area contributed by atoms with Gasteiger partial charge < -0.3 is 10.1 Å². The van der Waals surface area contributed by atoms with Crippen LogP contribution in [-0.2, 0) is 11.2 Å². The lowest BCUT2D eigenvalue weighted by atomic mass is 10.1. The molecule has 19 heavy (non-hydrogen) atoms. The smallest absolute Gasteiger partial charge is 0.272 e. The van der Waals surface area contributed by atoms with Crippen molar-refractivity contribution in [3.05, 3.63) is 39.9 Å². The van der Waals surface area contributed by atoms with E-state index in [1.807, 2.05) is 6.07 Å². The number of nitro benzene ring substituents is 1. The first-order valence-electron chi connectivity index (χ1n) is 6.62. The van der Waals surface area contributed by atoms with Gasteiger partial charge in [-0.25, -0.2) is 0 Å². The molecule has 0 atom stereocenters. The number of nitrogens with one attached hydrogen (secondary N) is 1. The van der Waals surface area contributed by atoms with Gasteiger partial charge >= 0.3 is 0 Å². The van der Waals surface area contributed by atoms with Crippen LogP contribution in [0.15, 0.2) is 24.3 Å². The second kappa shape index (κ2) is 8.61. The van der Waals surface area contributed by atoms with Crippen molar-refractivity contribution < 1.29 is 9.66 Å². The molecule has 1 aromatic rings. The van der Waals surface area contributed by atoms with E-state index in [0.717, 1.165) is 25.3 Å². The van der Waals surface area contributed by atoms with Crippen LogP contribution in [0.1, 0.15) is 19.4 Å².